The van der Waals surface area contributed by atoms with Gasteiger partial charge < -0.3 is 5.32 Å². The third-order valence-corrected chi connectivity index (χ3v) is 4.87. The molecule has 0 aliphatic heterocycles. The highest BCUT2D eigenvalue weighted by atomic mass is 32.2. The molecular weight excluding hydrogens is 283 g/mol. The van der Waals surface area contributed by atoms with Crippen molar-refractivity contribution in [3.05, 3.63) is 24.3 Å². The van der Waals surface area contributed by atoms with Gasteiger partial charge in [-0.05, 0) is 30.9 Å². The van der Waals surface area contributed by atoms with Crippen molar-refractivity contribution in [2.45, 2.75) is 49.7 Å². The van der Waals surface area contributed by atoms with Gasteiger partial charge in [-0.15, -0.1) is 11.8 Å². The fraction of sp³-hybridized carbons (Fsp3) is 0.600. The number of hydrogen-bond donors (Lipinski definition) is 1. The molecule has 0 amide bonds. The summed E-state index contributed by atoms with van der Waals surface area (Å²) in [5, 5.41) is 3.45. The van der Waals surface area contributed by atoms with Crippen molar-refractivity contribution in [2.24, 2.45) is 5.92 Å². The Balaban J connectivity index is 2.03. The van der Waals surface area contributed by atoms with Crippen LogP contribution >= 0.6 is 11.8 Å². The number of thioether (sulfide) groups is 1. The minimum absolute atomic E-state index is 0.372. The number of anilines is 1. The van der Waals surface area contributed by atoms with E-state index in [2.05, 4.69) is 12.2 Å². The molecule has 1 N–H and O–H groups in total. The second-order valence-electron chi connectivity index (χ2n) is 5.41. The third-order valence-electron chi connectivity index (χ3n) is 3.73. The lowest BCUT2D eigenvalue weighted by Gasteiger charge is -2.31. The maximum atomic E-state index is 12.4. The summed E-state index contributed by atoms with van der Waals surface area (Å²) in [4.78, 5) is 0.683. The molecule has 1 fully saturated rings. The number of nitrogens with one attached hydrogen (secondary N) is 1. The Kier molecular flexibility index (Phi) is 5.24. The van der Waals surface area contributed by atoms with E-state index in [0.717, 1.165) is 23.9 Å². The minimum atomic E-state index is -4.13. The fourth-order valence-corrected chi connectivity index (χ4v) is 3.38. The van der Waals surface area contributed by atoms with Crippen LogP contribution in [0.2, 0.25) is 0 Å². The zero-order chi connectivity index (χ0) is 14.6. The van der Waals surface area contributed by atoms with E-state index in [1.165, 1.54) is 19.3 Å². The molecule has 20 heavy (non-hydrogen) atoms. The summed E-state index contributed by atoms with van der Waals surface area (Å²) < 4.78 is 37.1. The molecule has 2 atom stereocenters. The molecule has 2 rings (SSSR count). The van der Waals surface area contributed by atoms with Crippen LogP contribution in [0.1, 0.15) is 32.6 Å². The van der Waals surface area contributed by atoms with Crippen LogP contribution in [0.3, 0.4) is 0 Å². The first-order chi connectivity index (χ1) is 9.46. The highest BCUT2D eigenvalue weighted by molar-refractivity contribution is 7.99. The Morgan fingerprint density at radius 3 is 2.60 bits per heavy atom. The molecule has 0 bridgehead atoms. The number of benzene rings is 1. The van der Waals surface area contributed by atoms with Crippen molar-refractivity contribution in [1.29, 1.82) is 0 Å². The second-order valence-corrected chi connectivity index (χ2v) is 6.43. The summed E-state index contributed by atoms with van der Waals surface area (Å²) in [5.74, 6) is -0.268. The molecular formula is C15H20F3NS. The van der Waals surface area contributed by atoms with Crippen LogP contribution < -0.4 is 5.32 Å². The van der Waals surface area contributed by atoms with Crippen LogP contribution in [0.15, 0.2) is 29.2 Å². The standard InChI is InChI=1S/C15H20F3NS/c1-11-6-2-3-7-12(11)19-13-8-4-5-9-14(13)20-10-15(16,17)18/h4-5,8-9,11-12,19H,2-3,6-7,10H2,1H3. The molecule has 0 saturated heterocycles. The Labute approximate surface area is 122 Å². The van der Waals surface area contributed by atoms with Crippen LogP contribution in [0.4, 0.5) is 18.9 Å². The van der Waals surface area contributed by atoms with Crippen molar-refractivity contribution < 1.29 is 13.2 Å². The maximum Gasteiger partial charge on any atom is 0.398 e. The average Bonchev–Trinajstić information content (AvgIpc) is 2.39. The monoisotopic (exact) mass is 303 g/mol. The van der Waals surface area contributed by atoms with E-state index < -0.39 is 11.9 Å². The molecule has 2 unspecified atom stereocenters. The lowest BCUT2D eigenvalue weighted by atomic mass is 9.86. The molecule has 1 aromatic carbocycles. The first kappa shape index (κ1) is 15.5. The van der Waals surface area contributed by atoms with Gasteiger partial charge in [0.05, 0.1) is 5.75 Å². The Hall–Kier alpha value is -0.840. The average molecular weight is 303 g/mol. The SMILES string of the molecule is CC1CCCCC1Nc1ccccc1SCC(F)(F)F. The molecule has 1 nitrogen and oxygen atoms in total. The smallest absolute Gasteiger partial charge is 0.381 e. The van der Waals surface area contributed by atoms with E-state index in [1.807, 2.05) is 12.1 Å². The lowest BCUT2D eigenvalue weighted by Crippen LogP contribution is -2.30. The molecule has 0 spiro atoms. The van der Waals surface area contributed by atoms with Gasteiger partial charge in [-0.1, -0.05) is 31.9 Å². The van der Waals surface area contributed by atoms with E-state index in [4.69, 9.17) is 0 Å². The number of halogens is 3. The van der Waals surface area contributed by atoms with Gasteiger partial charge in [-0.25, -0.2) is 0 Å². The van der Waals surface area contributed by atoms with Crippen molar-refractivity contribution in [1.82, 2.24) is 0 Å². The van der Waals surface area contributed by atoms with E-state index in [0.29, 0.717) is 16.9 Å². The van der Waals surface area contributed by atoms with Crippen molar-refractivity contribution in [3.8, 4) is 0 Å². The Morgan fingerprint density at radius 1 is 1.20 bits per heavy atom. The quantitative estimate of drug-likeness (QED) is 0.754. The molecule has 0 heterocycles. The summed E-state index contributed by atoms with van der Waals surface area (Å²) in [7, 11) is 0. The van der Waals surface area contributed by atoms with Crippen molar-refractivity contribution in [2.75, 3.05) is 11.1 Å². The van der Waals surface area contributed by atoms with E-state index in [1.54, 1.807) is 12.1 Å². The number of hydrogen-bond acceptors (Lipinski definition) is 2. The molecule has 1 aromatic rings. The van der Waals surface area contributed by atoms with Crippen LogP contribution in [0, 0.1) is 5.92 Å². The highest BCUT2D eigenvalue weighted by Gasteiger charge is 2.28. The Bertz CT molecular complexity index is 433. The third kappa shape index (κ3) is 4.62. The highest BCUT2D eigenvalue weighted by Crippen LogP contribution is 2.34. The van der Waals surface area contributed by atoms with Crippen molar-refractivity contribution in [3.63, 3.8) is 0 Å². The number of para-hydroxylation sites is 1. The van der Waals surface area contributed by atoms with Gasteiger partial charge in [0.2, 0.25) is 0 Å². The first-order valence-corrected chi connectivity index (χ1v) is 7.99. The topological polar surface area (TPSA) is 12.0 Å². The van der Waals surface area contributed by atoms with Crippen LogP contribution in [0.5, 0.6) is 0 Å². The largest absolute Gasteiger partial charge is 0.398 e. The van der Waals surface area contributed by atoms with Gasteiger partial charge in [0.15, 0.2) is 0 Å². The maximum absolute atomic E-state index is 12.4. The first-order valence-electron chi connectivity index (χ1n) is 7.01. The van der Waals surface area contributed by atoms with Gasteiger partial charge in [-0.2, -0.15) is 13.2 Å². The van der Waals surface area contributed by atoms with Gasteiger partial charge in [0, 0.05) is 16.6 Å². The fourth-order valence-electron chi connectivity index (χ4n) is 2.60. The zero-order valence-corrected chi connectivity index (χ0v) is 12.4. The van der Waals surface area contributed by atoms with Crippen LogP contribution in [-0.2, 0) is 0 Å². The summed E-state index contributed by atoms with van der Waals surface area (Å²) in [6, 6.07) is 7.66. The summed E-state index contributed by atoms with van der Waals surface area (Å²) in [5.41, 5.74) is 0.834. The molecule has 1 saturated carbocycles. The van der Waals surface area contributed by atoms with E-state index in [9.17, 15) is 13.2 Å². The Morgan fingerprint density at radius 2 is 1.90 bits per heavy atom. The van der Waals surface area contributed by atoms with E-state index in [-0.39, 0.29) is 0 Å². The molecule has 1 aliphatic rings. The van der Waals surface area contributed by atoms with Gasteiger partial charge in [0.1, 0.15) is 0 Å². The van der Waals surface area contributed by atoms with Gasteiger partial charge >= 0.3 is 6.18 Å². The van der Waals surface area contributed by atoms with Crippen LogP contribution in [0.25, 0.3) is 0 Å². The zero-order valence-electron chi connectivity index (χ0n) is 11.5. The molecule has 5 heteroatoms. The lowest BCUT2D eigenvalue weighted by molar-refractivity contribution is -0.105. The molecule has 112 valence electrons. The molecule has 0 aromatic heterocycles. The van der Waals surface area contributed by atoms with Gasteiger partial charge in [-0.3, -0.25) is 0 Å². The predicted octanol–water partition coefficient (Wildman–Crippen LogP) is 5.33. The minimum Gasteiger partial charge on any atom is -0.381 e. The molecule has 0 radical (unpaired) electrons. The predicted molar refractivity (Wildman–Crippen MR) is 78.3 cm³/mol. The second kappa shape index (κ2) is 6.74. The van der Waals surface area contributed by atoms with Crippen molar-refractivity contribution >= 4 is 17.4 Å². The van der Waals surface area contributed by atoms with Gasteiger partial charge in [0.25, 0.3) is 0 Å². The van der Waals surface area contributed by atoms with E-state index >= 15 is 0 Å². The summed E-state index contributed by atoms with van der Waals surface area (Å²) in [6.07, 6.45) is 0.606. The van der Waals surface area contributed by atoms with Crippen LogP contribution in [-0.4, -0.2) is 18.0 Å². The molecule has 1 aliphatic carbocycles. The number of alkyl halides is 3. The summed E-state index contributed by atoms with van der Waals surface area (Å²) >= 11 is 0.856. The number of rotatable bonds is 4. The summed E-state index contributed by atoms with van der Waals surface area (Å²) in [6.45, 7) is 2.21. The normalized spacial score (nSPS) is 23.6.